The van der Waals surface area contributed by atoms with Gasteiger partial charge in [0.1, 0.15) is 11.8 Å². The van der Waals surface area contributed by atoms with Crippen molar-refractivity contribution >= 4 is 11.6 Å². The number of anilines is 1. The minimum absolute atomic E-state index is 0.0386. The first-order valence-electron chi connectivity index (χ1n) is 8.39. The number of hydrogen-bond donors (Lipinski definition) is 0. The van der Waals surface area contributed by atoms with Gasteiger partial charge in [0, 0.05) is 31.9 Å². The second-order valence-electron chi connectivity index (χ2n) is 6.05. The summed E-state index contributed by atoms with van der Waals surface area (Å²) in [5, 5.41) is 9.06. The highest BCUT2D eigenvalue weighted by Gasteiger charge is 2.22. The van der Waals surface area contributed by atoms with E-state index in [-0.39, 0.29) is 12.5 Å². The maximum atomic E-state index is 12.4. The molecule has 1 fully saturated rings. The first-order valence-corrected chi connectivity index (χ1v) is 8.39. The number of nitrogens with zero attached hydrogens (tertiary/aromatic N) is 3. The van der Waals surface area contributed by atoms with Crippen LogP contribution in [0.4, 0.5) is 5.69 Å². The van der Waals surface area contributed by atoms with Crippen LogP contribution in [0.25, 0.3) is 0 Å². The van der Waals surface area contributed by atoms with Gasteiger partial charge in [-0.05, 0) is 30.7 Å². The van der Waals surface area contributed by atoms with E-state index in [1.165, 1.54) is 11.3 Å². The van der Waals surface area contributed by atoms with Gasteiger partial charge in [0.2, 0.25) is 0 Å². The molecule has 0 N–H and O–H groups in total. The fraction of sp³-hybridized carbons (Fsp3) is 0.300. The number of nitriles is 1. The fourth-order valence-electron chi connectivity index (χ4n) is 3.03. The molecule has 2 aromatic rings. The minimum Gasteiger partial charge on any atom is -0.482 e. The van der Waals surface area contributed by atoms with E-state index < -0.39 is 0 Å². The van der Waals surface area contributed by atoms with Crippen LogP contribution in [-0.4, -0.2) is 43.6 Å². The number of carbonyl (C=O) groups is 1. The molecule has 5 heteroatoms. The molecule has 0 aliphatic carbocycles. The number of amides is 1. The number of benzene rings is 2. The molecule has 1 aliphatic rings. The van der Waals surface area contributed by atoms with Gasteiger partial charge in [-0.3, -0.25) is 4.79 Å². The third-order valence-electron chi connectivity index (χ3n) is 4.45. The largest absolute Gasteiger partial charge is 0.482 e. The number of carbonyl (C=O) groups excluding carboxylic acids is 1. The molecule has 0 saturated carbocycles. The Morgan fingerprint density at radius 2 is 1.76 bits per heavy atom. The molecule has 0 radical (unpaired) electrons. The molecular formula is C20H21N3O2. The number of hydrogen-bond acceptors (Lipinski definition) is 4. The van der Waals surface area contributed by atoms with Crippen molar-refractivity contribution in [2.75, 3.05) is 37.7 Å². The van der Waals surface area contributed by atoms with E-state index in [9.17, 15) is 4.79 Å². The number of para-hydroxylation sites is 2. The van der Waals surface area contributed by atoms with Crippen LogP contribution in [0, 0.1) is 18.3 Å². The monoisotopic (exact) mass is 335 g/mol. The molecule has 5 nitrogen and oxygen atoms in total. The minimum atomic E-state index is -0.0443. The van der Waals surface area contributed by atoms with Crippen LogP contribution in [0.3, 0.4) is 0 Å². The molecular weight excluding hydrogens is 314 g/mol. The molecule has 0 atom stereocenters. The van der Waals surface area contributed by atoms with Gasteiger partial charge < -0.3 is 14.5 Å². The molecule has 0 unspecified atom stereocenters. The molecule has 0 bridgehead atoms. The average molecular weight is 335 g/mol. The summed E-state index contributed by atoms with van der Waals surface area (Å²) >= 11 is 0. The van der Waals surface area contributed by atoms with Crippen LogP contribution in [0.1, 0.15) is 11.1 Å². The van der Waals surface area contributed by atoms with E-state index >= 15 is 0 Å². The van der Waals surface area contributed by atoms with Gasteiger partial charge in [-0.2, -0.15) is 5.26 Å². The number of piperazine rings is 1. The quantitative estimate of drug-likeness (QED) is 0.862. The van der Waals surface area contributed by atoms with Crippen LogP contribution in [0.5, 0.6) is 5.75 Å². The lowest BCUT2D eigenvalue weighted by Crippen LogP contribution is -2.50. The van der Waals surface area contributed by atoms with E-state index in [1.807, 2.05) is 17.0 Å². The molecule has 1 heterocycles. The molecule has 1 amide bonds. The van der Waals surface area contributed by atoms with Crippen LogP contribution < -0.4 is 9.64 Å². The van der Waals surface area contributed by atoms with Gasteiger partial charge in [0.25, 0.3) is 5.91 Å². The van der Waals surface area contributed by atoms with Crippen molar-refractivity contribution in [3.8, 4) is 11.8 Å². The van der Waals surface area contributed by atoms with E-state index in [1.54, 1.807) is 24.3 Å². The zero-order chi connectivity index (χ0) is 17.6. The Labute approximate surface area is 148 Å². The molecule has 0 aromatic heterocycles. The Kier molecular flexibility index (Phi) is 5.20. The summed E-state index contributed by atoms with van der Waals surface area (Å²) in [6.07, 6.45) is 0. The van der Waals surface area contributed by atoms with Gasteiger partial charge in [-0.15, -0.1) is 0 Å². The van der Waals surface area contributed by atoms with Crippen LogP contribution in [0.2, 0.25) is 0 Å². The first-order chi connectivity index (χ1) is 12.2. The Bertz CT molecular complexity index is 790. The molecule has 1 saturated heterocycles. The van der Waals surface area contributed by atoms with E-state index in [0.717, 1.165) is 13.1 Å². The van der Waals surface area contributed by atoms with Crippen molar-refractivity contribution in [3.63, 3.8) is 0 Å². The highest BCUT2D eigenvalue weighted by atomic mass is 16.5. The summed E-state index contributed by atoms with van der Waals surface area (Å²) in [5.41, 5.74) is 2.92. The molecule has 128 valence electrons. The SMILES string of the molecule is Cc1ccccc1N1CCN(C(=O)COc2ccccc2C#N)CC1. The highest BCUT2D eigenvalue weighted by molar-refractivity contribution is 5.78. The summed E-state index contributed by atoms with van der Waals surface area (Å²) in [7, 11) is 0. The Morgan fingerprint density at radius 1 is 1.08 bits per heavy atom. The summed E-state index contributed by atoms with van der Waals surface area (Å²) in [4.78, 5) is 16.5. The first kappa shape index (κ1) is 16.8. The lowest BCUT2D eigenvalue weighted by molar-refractivity contribution is -0.133. The van der Waals surface area contributed by atoms with Gasteiger partial charge in [0.15, 0.2) is 6.61 Å². The fourth-order valence-corrected chi connectivity index (χ4v) is 3.03. The van der Waals surface area contributed by atoms with E-state index in [4.69, 9.17) is 10.00 Å². The van der Waals surface area contributed by atoms with Crippen molar-refractivity contribution in [1.82, 2.24) is 4.90 Å². The summed E-state index contributed by atoms with van der Waals surface area (Å²) in [5.74, 6) is 0.411. The van der Waals surface area contributed by atoms with Crippen LogP contribution in [0.15, 0.2) is 48.5 Å². The van der Waals surface area contributed by atoms with Gasteiger partial charge in [0.05, 0.1) is 5.56 Å². The second-order valence-corrected chi connectivity index (χ2v) is 6.05. The Hall–Kier alpha value is -3.00. The third kappa shape index (κ3) is 3.92. The van der Waals surface area contributed by atoms with Crippen molar-refractivity contribution in [2.24, 2.45) is 0 Å². The average Bonchev–Trinajstić information content (AvgIpc) is 2.67. The third-order valence-corrected chi connectivity index (χ3v) is 4.45. The molecule has 2 aromatic carbocycles. The lowest BCUT2D eigenvalue weighted by atomic mass is 10.1. The zero-order valence-electron chi connectivity index (χ0n) is 14.3. The Balaban J connectivity index is 1.54. The van der Waals surface area contributed by atoms with Gasteiger partial charge in [-0.25, -0.2) is 0 Å². The zero-order valence-corrected chi connectivity index (χ0v) is 14.3. The maximum absolute atomic E-state index is 12.4. The van der Waals surface area contributed by atoms with Crippen molar-refractivity contribution in [3.05, 3.63) is 59.7 Å². The predicted octanol–water partition coefficient (Wildman–Crippen LogP) is 2.59. The summed E-state index contributed by atoms with van der Waals surface area (Å²) < 4.78 is 5.55. The van der Waals surface area contributed by atoms with E-state index in [0.29, 0.717) is 24.4 Å². The maximum Gasteiger partial charge on any atom is 0.260 e. The number of ether oxygens (including phenoxy) is 1. The summed E-state index contributed by atoms with van der Waals surface area (Å²) in [6.45, 7) is 5.04. The van der Waals surface area contributed by atoms with Crippen LogP contribution >= 0.6 is 0 Å². The topological polar surface area (TPSA) is 56.6 Å². The second kappa shape index (κ2) is 7.71. The molecule has 25 heavy (non-hydrogen) atoms. The summed E-state index contributed by atoms with van der Waals surface area (Å²) in [6, 6.07) is 17.3. The standard InChI is InChI=1S/C20H21N3O2/c1-16-6-2-4-8-18(16)22-10-12-23(13-11-22)20(24)15-25-19-9-5-3-7-17(19)14-21/h2-9H,10-13,15H2,1H3. The van der Waals surface area contributed by atoms with Gasteiger partial charge in [-0.1, -0.05) is 30.3 Å². The van der Waals surface area contributed by atoms with Crippen molar-refractivity contribution in [2.45, 2.75) is 6.92 Å². The van der Waals surface area contributed by atoms with E-state index in [2.05, 4.69) is 30.0 Å². The van der Waals surface area contributed by atoms with Gasteiger partial charge >= 0.3 is 0 Å². The van der Waals surface area contributed by atoms with Crippen molar-refractivity contribution < 1.29 is 9.53 Å². The van der Waals surface area contributed by atoms with Crippen LogP contribution in [-0.2, 0) is 4.79 Å². The van der Waals surface area contributed by atoms with Crippen molar-refractivity contribution in [1.29, 1.82) is 5.26 Å². The Morgan fingerprint density at radius 3 is 2.48 bits per heavy atom. The number of rotatable bonds is 4. The highest BCUT2D eigenvalue weighted by Crippen LogP contribution is 2.21. The molecule has 1 aliphatic heterocycles. The lowest BCUT2D eigenvalue weighted by Gasteiger charge is -2.36. The number of aryl methyl sites for hydroxylation is 1. The normalized spacial score (nSPS) is 14.1. The predicted molar refractivity (Wildman–Crippen MR) is 96.6 cm³/mol. The molecule has 3 rings (SSSR count). The smallest absolute Gasteiger partial charge is 0.260 e. The molecule has 0 spiro atoms.